The van der Waals surface area contributed by atoms with Crippen molar-refractivity contribution in [2.45, 2.75) is 98.4 Å². The number of aromatic nitrogens is 11. The van der Waals surface area contributed by atoms with Gasteiger partial charge in [-0.05, 0) is 60.2 Å². The molecule has 0 amide bonds. The Bertz CT molecular complexity index is 5580. The Labute approximate surface area is 699 Å². The van der Waals surface area contributed by atoms with E-state index < -0.39 is 121 Å². The second kappa shape index (κ2) is 41.4. The molecule has 12 heterocycles. The Balaban J connectivity index is 0.000000142. The van der Waals surface area contributed by atoms with Gasteiger partial charge in [0.2, 0.25) is 0 Å². The maximum Gasteiger partial charge on any atom is 0.352 e. The number of hydrogen-bond acceptors (Lipinski definition) is 26. The van der Waals surface area contributed by atoms with Crippen LogP contribution in [0.2, 0.25) is 0 Å². The molecule has 5 aliphatic heterocycles. The lowest BCUT2D eigenvalue weighted by Gasteiger charge is -2.24. The molecule has 7 aromatic heterocycles. The molecular weight excluding hydrogens is 1620 g/mol. The van der Waals surface area contributed by atoms with Gasteiger partial charge < -0.3 is 124 Å². The number of benzene rings is 4. The van der Waals surface area contributed by atoms with Crippen molar-refractivity contribution in [1.82, 2.24) is 53.2 Å². The summed E-state index contributed by atoms with van der Waals surface area (Å²) in [5.41, 5.74) is 19.1. The maximum absolute atomic E-state index is 15.2. The SMILES string of the molecule is COC[C@H]1O[C@@H](n2cc3c(nc2=O)Nc2c(OCC[NH3+])cccc2O3)[C@@H](F)C1OC.COC[C@H]1O[C@@H](n2cc3cc(-c4c(OCC[NH3+])cccc4OCC[NH3+])[nH]c3nc2=O)[C@@H](F)C1OC.COC[C@H]1O[C@@H](n2cc3cc(-c4ccccc4)[nH]c3nc2=O)[C@@H](F)C1OC.COC[C@H]1O[C@@H](n2cc3cc(-c4ccccc4OCC[NH3+])[nH]c3nc2=O)[C@@H](F)C1OC. The smallest absolute Gasteiger partial charge is 0.352 e. The van der Waals surface area contributed by atoms with Crippen molar-refractivity contribution in [1.29, 1.82) is 0 Å². The molecule has 4 fully saturated rings. The van der Waals surface area contributed by atoms with Gasteiger partial charge in [-0.15, -0.1) is 0 Å². The van der Waals surface area contributed by atoms with Crippen LogP contribution in [-0.4, -0.2) is 263 Å². The van der Waals surface area contributed by atoms with Crippen molar-refractivity contribution >= 4 is 44.6 Å². The van der Waals surface area contributed by atoms with Crippen molar-refractivity contribution in [3.05, 3.63) is 176 Å². The third-order valence-corrected chi connectivity index (χ3v) is 20.7. The highest BCUT2D eigenvalue weighted by Gasteiger charge is 2.51. The predicted octanol–water partition coefficient (Wildman–Crippen LogP) is 3.34. The largest absolute Gasteiger partial charge is 0.487 e. The number of nitrogens with one attached hydrogen (secondary N) is 4. The zero-order chi connectivity index (χ0) is 87.1. The molecule has 11 aromatic rings. The highest BCUT2D eigenvalue weighted by Crippen LogP contribution is 2.47. The van der Waals surface area contributed by atoms with Crippen molar-refractivity contribution in [3.8, 4) is 68.3 Å². The molecule has 660 valence electrons. The second-order valence-corrected chi connectivity index (χ2v) is 28.7. The summed E-state index contributed by atoms with van der Waals surface area (Å²) in [7, 11) is 11.6. The summed E-state index contributed by atoms with van der Waals surface area (Å²) in [5, 5.41) is 4.98. The van der Waals surface area contributed by atoms with Crippen molar-refractivity contribution in [2.75, 3.05) is 141 Å². The Kier molecular flexibility index (Phi) is 30.2. The van der Waals surface area contributed by atoms with Crippen LogP contribution in [0.3, 0.4) is 0 Å². The van der Waals surface area contributed by atoms with Crippen molar-refractivity contribution < 1.29 is 121 Å². The third-order valence-electron chi connectivity index (χ3n) is 20.7. The number of aromatic amines is 3. The molecule has 123 heavy (non-hydrogen) atoms. The standard InChI is InChI=1S/C23H30FN5O6.C21H25FN4O5.C19H23FN4O6.C19H20FN3O4/c1-31-12-17-20(32-2)19(24)22(35-17)29-11-13-10-14(27-21(13)28-23(29)30)18-15(33-8-6-25)4-3-5-16(18)34-9-7-26;1-28-11-16-18(29-2)17(22)20(31-16)26-10-12-9-14(24-19(12)25-21(26)27)13-5-3-4-6-15(13)30-8-7-23;1-26-9-13-16(27-2)14(20)18(30-13)24-8-12-17(23-19(24)25)22-15-10(28-7-6-21)4-3-5-11(15)29-12;1-25-10-14-16(26-2)15(20)18(27-14)23-9-12-8-13(11-6-4-3-5-7-11)21-17(12)22-19(23)24/h3-5,10-11,17,19-20,22H,6-9,12,25-26H2,1-2H3,(H,27,28,30);3-6,9-10,16-18,20H,7-8,11,23H2,1-2H3,(H,24,25,27);3-5,8,13-14,16,18H,6-7,9,21H2,1-2H3,(H,22,23,25);3-9,14-16,18H,10H2,1-2H3,(H,21,22,24)/p+4/t17-,19+,20?,22-;16-,17+,18?,20-;13-,14+,16?,18-;14-,15+,16?,18-/m1111/s1. The molecule has 41 heteroatoms. The summed E-state index contributed by atoms with van der Waals surface area (Å²) in [6, 6.07) is 33.6. The molecule has 37 nitrogen and oxygen atoms in total. The minimum absolute atomic E-state index is 0.129. The van der Waals surface area contributed by atoms with E-state index in [1.165, 1.54) is 73.8 Å². The normalized spacial score (nSPS) is 23.7. The number of ether oxygens (including phenoxy) is 17. The number of para-hydroxylation sites is 2. The first-order valence-corrected chi connectivity index (χ1v) is 39.6. The van der Waals surface area contributed by atoms with E-state index in [2.05, 4.69) is 63.1 Å². The fourth-order valence-corrected chi connectivity index (χ4v) is 15.1. The van der Waals surface area contributed by atoms with Crippen LogP contribution in [-0.2, 0) is 56.8 Å². The number of alkyl halides is 4. The van der Waals surface area contributed by atoms with Crippen LogP contribution in [0.15, 0.2) is 153 Å². The number of H-pyrrole nitrogens is 3. The van der Waals surface area contributed by atoms with E-state index in [-0.39, 0.29) is 38.0 Å². The van der Waals surface area contributed by atoms with Gasteiger partial charge in [-0.2, -0.15) is 19.9 Å². The van der Waals surface area contributed by atoms with Gasteiger partial charge in [0.15, 0.2) is 66.9 Å². The molecule has 4 aromatic carbocycles. The average Bonchev–Trinajstić information content (AvgIpc) is 1.73. The van der Waals surface area contributed by atoms with Gasteiger partial charge in [0.1, 0.15) is 147 Å². The molecule has 16 rings (SSSR count). The van der Waals surface area contributed by atoms with Crippen LogP contribution < -0.4 is 74.7 Å². The van der Waals surface area contributed by atoms with Crippen LogP contribution in [0.25, 0.3) is 66.9 Å². The fourth-order valence-electron chi connectivity index (χ4n) is 15.1. The van der Waals surface area contributed by atoms with E-state index in [0.29, 0.717) is 131 Å². The summed E-state index contributed by atoms with van der Waals surface area (Å²) in [4.78, 5) is 76.4. The third kappa shape index (κ3) is 19.5. The fraction of sp³-hybridized carbons (Fsp3) is 0.439. The molecule has 0 spiro atoms. The number of anilines is 2. The quantitative estimate of drug-likeness (QED) is 0.0289. The van der Waals surface area contributed by atoms with Gasteiger partial charge in [-0.3, -0.25) is 18.3 Å². The average molecular weight is 1720 g/mol. The lowest BCUT2D eigenvalue weighted by molar-refractivity contribution is -0.371. The number of halogens is 4. The van der Waals surface area contributed by atoms with Gasteiger partial charge >= 0.3 is 22.8 Å². The number of methoxy groups -OCH3 is 8. The Morgan fingerprint density at radius 2 is 0.740 bits per heavy atom. The number of nitrogens with zero attached hydrogens (tertiary/aromatic N) is 8. The lowest BCUT2D eigenvalue weighted by Crippen LogP contribution is -2.52. The van der Waals surface area contributed by atoms with Crippen molar-refractivity contribution in [3.63, 3.8) is 0 Å². The van der Waals surface area contributed by atoms with Crippen LogP contribution in [0, 0.1) is 0 Å². The molecule has 0 aliphatic carbocycles. The molecular formula is C82H102F4N16O21+4. The van der Waals surface area contributed by atoms with Gasteiger partial charge in [-0.1, -0.05) is 54.6 Å². The summed E-state index contributed by atoms with van der Waals surface area (Å²) in [6.45, 7) is 4.78. The second-order valence-electron chi connectivity index (χ2n) is 28.7. The zero-order valence-electron chi connectivity index (χ0n) is 68.9. The first kappa shape index (κ1) is 89.7. The Morgan fingerprint density at radius 3 is 1.17 bits per heavy atom. The monoisotopic (exact) mass is 1720 g/mol. The molecule has 5 aliphatic rings. The van der Waals surface area contributed by atoms with Gasteiger partial charge in [0.05, 0.1) is 49.6 Å². The molecule has 0 saturated carbocycles. The summed E-state index contributed by atoms with van der Waals surface area (Å²) in [5.74, 6) is 3.42. The van der Waals surface area contributed by atoms with Gasteiger partial charge in [0.25, 0.3) is 0 Å². The van der Waals surface area contributed by atoms with E-state index in [1.807, 2.05) is 91.0 Å². The van der Waals surface area contributed by atoms with E-state index >= 15 is 8.78 Å². The van der Waals surface area contributed by atoms with Crippen LogP contribution in [0.4, 0.5) is 29.1 Å². The van der Waals surface area contributed by atoms with E-state index in [4.69, 9.17) is 80.5 Å². The maximum atomic E-state index is 15.2. The number of quaternary nitrogens is 4. The Morgan fingerprint density at radius 1 is 0.390 bits per heavy atom. The zero-order valence-corrected chi connectivity index (χ0v) is 68.9. The topological polar surface area (TPSA) is 466 Å². The molecule has 16 N–H and O–H groups in total. The van der Waals surface area contributed by atoms with Crippen LogP contribution in [0.1, 0.15) is 24.9 Å². The first-order valence-electron chi connectivity index (χ1n) is 39.6. The van der Waals surface area contributed by atoms with E-state index in [0.717, 1.165) is 36.2 Å². The van der Waals surface area contributed by atoms with E-state index in [9.17, 15) is 28.0 Å². The predicted molar refractivity (Wildman–Crippen MR) is 435 cm³/mol. The molecule has 0 bridgehead atoms. The minimum Gasteiger partial charge on any atom is -0.487 e. The lowest BCUT2D eigenvalue weighted by atomic mass is 10.1. The highest BCUT2D eigenvalue weighted by molar-refractivity contribution is 5.87. The first-order chi connectivity index (χ1) is 59.8. The summed E-state index contributed by atoms with van der Waals surface area (Å²) < 4.78 is 158. The summed E-state index contributed by atoms with van der Waals surface area (Å²) in [6.07, 6.45) is -10.8. The van der Waals surface area contributed by atoms with Gasteiger partial charge in [-0.25, -0.2) is 36.7 Å². The number of fused-ring (bicyclic) bond motifs is 5. The molecule has 4 unspecified atom stereocenters. The Hall–Kier alpha value is -11.1. The van der Waals surface area contributed by atoms with Crippen LogP contribution in [0.5, 0.6) is 34.5 Å². The molecule has 4 saturated heterocycles. The number of rotatable bonds is 31. The molecule has 16 atom stereocenters. The van der Waals surface area contributed by atoms with Crippen molar-refractivity contribution in [2.24, 2.45) is 0 Å². The van der Waals surface area contributed by atoms with Gasteiger partial charge in [0, 0.05) is 103 Å². The summed E-state index contributed by atoms with van der Waals surface area (Å²) >= 11 is 0. The molecule has 0 radical (unpaired) electrons. The number of hydrogen-bond donors (Lipinski definition) is 8. The minimum atomic E-state index is -1.58. The highest BCUT2D eigenvalue weighted by atomic mass is 19.1. The van der Waals surface area contributed by atoms with E-state index in [1.54, 1.807) is 30.6 Å². The van der Waals surface area contributed by atoms with Crippen LogP contribution >= 0.6 is 0 Å².